The molecule has 23 rings (SSSR count). The molecule has 3 aromatic heterocycles. The van der Waals surface area contributed by atoms with E-state index >= 15 is 0 Å². The molecule has 5 heteroatoms. The molecule has 2 aliphatic rings. The molecule has 0 atom stereocenters. The van der Waals surface area contributed by atoms with E-state index in [9.17, 15) is 0 Å². The number of hydrogen-bond donors (Lipinski definition) is 1. The van der Waals surface area contributed by atoms with Crippen LogP contribution in [0.1, 0.15) is 22.3 Å². The third-order valence-corrected chi connectivity index (χ3v) is 23.6. The lowest BCUT2D eigenvalue weighted by atomic mass is 9.65. The zero-order valence-electron chi connectivity index (χ0n) is 62.1. The van der Waals surface area contributed by atoms with Crippen LogP contribution < -0.4 is 10.2 Å². The molecule has 1 aliphatic heterocycles. The highest BCUT2D eigenvalue weighted by Gasteiger charge is 2.51. The SMILES string of the molecule is c1ccc(-c2ccc(-c3ccccc3N(c3ccc(-c4ccc5c(c4)-n4c6ccccc6c6cccc(c64)C54c5ccccc5-c5ccccc54)cc3)c3ccc(-c4cccc5c4oc4ccccc45)cc3)cc2)cc1.c1ccc(-c2ccc(-c3ccccc3Nc3ccc(-c4cccc5c4oc4ccccc45)cc3)cc2)cc1. The minimum atomic E-state index is -0.487. The van der Waals surface area contributed by atoms with Crippen molar-refractivity contribution >= 4 is 94.1 Å². The number of fused-ring (bicyclic) bond motifs is 18. The Hall–Kier alpha value is -15.0. The van der Waals surface area contributed by atoms with Crippen LogP contribution in [-0.4, -0.2) is 4.57 Å². The lowest BCUT2D eigenvalue weighted by Crippen LogP contribution is -2.33. The van der Waals surface area contributed by atoms with Gasteiger partial charge in [-0.3, -0.25) is 0 Å². The van der Waals surface area contributed by atoms with E-state index in [-0.39, 0.29) is 0 Å². The first-order chi connectivity index (χ1) is 56.5. The summed E-state index contributed by atoms with van der Waals surface area (Å²) in [6, 6.07) is 153. The van der Waals surface area contributed by atoms with Crippen molar-refractivity contribution in [2.45, 2.75) is 5.41 Å². The first-order valence-electron chi connectivity index (χ1n) is 39.1. The zero-order chi connectivity index (χ0) is 75.2. The van der Waals surface area contributed by atoms with Crippen molar-refractivity contribution in [3.63, 3.8) is 0 Å². The summed E-state index contributed by atoms with van der Waals surface area (Å²) in [5.74, 6) is 0. The van der Waals surface area contributed by atoms with Crippen molar-refractivity contribution in [1.29, 1.82) is 0 Å². The number of nitrogens with zero attached hydrogens (tertiary/aromatic N) is 2. The van der Waals surface area contributed by atoms with Crippen LogP contribution in [0.5, 0.6) is 0 Å². The number of para-hydroxylation sites is 8. The monoisotopic (exact) mass is 1450 g/mol. The lowest BCUT2D eigenvalue weighted by Gasteiger charge is -2.39. The molecule has 0 unspecified atom stereocenters. The molecule has 1 aliphatic carbocycles. The van der Waals surface area contributed by atoms with E-state index in [4.69, 9.17) is 8.83 Å². The van der Waals surface area contributed by atoms with Gasteiger partial charge in [-0.25, -0.2) is 0 Å². The van der Waals surface area contributed by atoms with Gasteiger partial charge in [0.2, 0.25) is 0 Å². The van der Waals surface area contributed by atoms with Crippen LogP contribution in [0.15, 0.2) is 433 Å². The van der Waals surface area contributed by atoms with E-state index in [2.05, 4.69) is 409 Å². The number of furan rings is 2. The molecule has 0 saturated carbocycles. The van der Waals surface area contributed by atoms with Gasteiger partial charge in [-0.1, -0.05) is 352 Å². The normalized spacial score (nSPS) is 12.3. The van der Waals surface area contributed by atoms with Crippen LogP contribution in [0, 0.1) is 0 Å². The lowest BCUT2D eigenvalue weighted by molar-refractivity contribution is 0.669. The number of anilines is 5. The Morgan fingerprint density at radius 3 is 1.23 bits per heavy atom. The summed E-state index contributed by atoms with van der Waals surface area (Å²) in [6.07, 6.45) is 0. The maximum atomic E-state index is 6.52. The zero-order valence-corrected chi connectivity index (χ0v) is 62.1. The summed E-state index contributed by atoms with van der Waals surface area (Å²) in [6.45, 7) is 0. The molecule has 0 fully saturated rings. The second kappa shape index (κ2) is 27.2. The summed E-state index contributed by atoms with van der Waals surface area (Å²) < 4.78 is 15.3. The topological polar surface area (TPSA) is 46.5 Å². The molecule has 1 N–H and O–H groups in total. The van der Waals surface area contributed by atoms with Gasteiger partial charge in [-0.15, -0.1) is 0 Å². The second-order valence-electron chi connectivity index (χ2n) is 29.8. The fourth-order valence-corrected chi connectivity index (χ4v) is 18.3. The molecule has 0 saturated heterocycles. The van der Waals surface area contributed by atoms with E-state index < -0.39 is 5.41 Å². The van der Waals surface area contributed by atoms with Gasteiger partial charge < -0.3 is 23.6 Å². The van der Waals surface area contributed by atoms with E-state index in [1.165, 1.54) is 99.8 Å². The Morgan fingerprint density at radius 2 is 0.632 bits per heavy atom. The fourth-order valence-electron chi connectivity index (χ4n) is 18.3. The summed E-state index contributed by atoms with van der Waals surface area (Å²) in [5, 5.41) is 10.7. The van der Waals surface area contributed by atoms with Gasteiger partial charge in [0.15, 0.2) is 0 Å². The quantitative estimate of drug-likeness (QED) is 0.132. The van der Waals surface area contributed by atoms with Crippen molar-refractivity contribution in [3.8, 4) is 94.7 Å². The van der Waals surface area contributed by atoms with Crippen LogP contribution >= 0.6 is 0 Å². The molecular weight excluding hydrogens is 1380 g/mol. The van der Waals surface area contributed by atoms with E-state index in [0.29, 0.717) is 0 Å². The standard InChI is InChI=1S/C73H46N2O.C36H25NO/c1-2-16-47(17-3-1)48-32-34-50(35-33-48)55-18-6-11-29-67(55)74(54-43-38-51(39-44-54)56-23-14-25-62-60-22-8-13-31-70(60)76-72(56)62)53-41-36-49(37-42-53)52-40-45-65-69(46-52)75-68-30-12-7-21-59(68)61-24-15-28-66(71(61)75)73(65)63-26-9-4-19-57(63)58-20-5-10-27-64(58)73;1-2-9-25(10-3-1)26-17-19-27(20-18-26)30-11-4-6-15-34(30)37-29-23-21-28(22-24-29)31-13-8-14-33-32-12-5-7-16-35(32)38-36(31)33/h1-46H;1-24,37H. The van der Waals surface area contributed by atoms with Crippen molar-refractivity contribution in [1.82, 2.24) is 4.57 Å². The largest absolute Gasteiger partial charge is 0.455 e. The van der Waals surface area contributed by atoms with Crippen molar-refractivity contribution in [2.24, 2.45) is 0 Å². The molecule has 18 aromatic carbocycles. The minimum absolute atomic E-state index is 0.487. The molecule has 0 bridgehead atoms. The van der Waals surface area contributed by atoms with Gasteiger partial charge >= 0.3 is 0 Å². The first-order valence-corrected chi connectivity index (χ1v) is 39.1. The van der Waals surface area contributed by atoms with Gasteiger partial charge in [0, 0.05) is 77.3 Å². The molecule has 5 nitrogen and oxygen atoms in total. The maximum Gasteiger partial charge on any atom is 0.143 e. The minimum Gasteiger partial charge on any atom is -0.455 e. The molecule has 114 heavy (non-hydrogen) atoms. The molecule has 21 aromatic rings. The average Bonchev–Trinajstić information content (AvgIpc) is 1.49. The Kier molecular flexibility index (Phi) is 15.8. The van der Waals surface area contributed by atoms with Gasteiger partial charge in [0.05, 0.1) is 27.8 Å². The van der Waals surface area contributed by atoms with Crippen LogP contribution in [0.4, 0.5) is 28.4 Å². The molecule has 4 heterocycles. The summed E-state index contributed by atoms with van der Waals surface area (Å²) >= 11 is 0. The molecule has 1 spiro atoms. The van der Waals surface area contributed by atoms with Crippen LogP contribution in [0.3, 0.4) is 0 Å². The molecule has 0 amide bonds. The predicted molar refractivity (Wildman–Crippen MR) is 475 cm³/mol. The summed E-state index contributed by atoms with van der Waals surface area (Å²) in [5.41, 5.74) is 36.3. The number of rotatable bonds is 12. The van der Waals surface area contributed by atoms with Gasteiger partial charge in [0.1, 0.15) is 22.3 Å². The Balaban J connectivity index is 0.000000175. The Bertz CT molecular complexity index is 7230. The maximum absolute atomic E-state index is 6.52. The molecular formula is C109H71N3O2. The van der Waals surface area contributed by atoms with Crippen LogP contribution in [-0.2, 0) is 5.41 Å². The smallest absolute Gasteiger partial charge is 0.143 e. The highest BCUT2D eigenvalue weighted by atomic mass is 16.3. The van der Waals surface area contributed by atoms with Crippen molar-refractivity contribution in [2.75, 3.05) is 10.2 Å². The Labute approximate surface area is 660 Å². The van der Waals surface area contributed by atoms with Gasteiger partial charge in [0.25, 0.3) is 0 Å². The first kappa shape index (κ1) is 66.0. The van der Waals surface area contributed by atoms with E-state index in [1.807, 2.05) is 30.3 Å². The van der Waals surface area contributed by atoms with E-state index in [0.717, 1.165) is 111 Å². The summed E-state index contributed by atoms with van der Waals surface area (Å²) in [4.78, 5) is 2.40. The van der Waals surface area contributed by atoms with Crippen molar-refractivity contribution < 1.29 is 8.83 Å². The third kappa shape index (κ3) is 10.8. The predicted octanol–water partition coefficient (Wildman–Crippen LogP) is 29.8. The molecule has 0 radical (unpaired) electrons. The van der Waals surface area contributed by atoms with Gasteiger partial charge in [-0.2, -0.15) is 0 Å². The highest BCUT2D eigenvalue weighted by molar-refractivity contribution is 6.14. The van der Waals surface area contributed by atoms with Gasteiger partial charge in [-0.05, 0) is 162 Å². The van der Waals surface area contributed by atoms with E-state index in [1.54, 1.807) is 0 Å². The second-order valence-corrected chi connectivity index (χ2v) is 29.8. The average molecular weight is 1450 g/mol. The summed E-state index contributed by atoms with van der Waals surface area (Å²) in [7, 11) is 0. The Morgan fingerprint density at radius 1 is 0.246 bits per heavy atom. The fraction of sp³-hybridized carbons (Fsp3) is 0.00917. The van der Waals surface area contributed by atoms with Crippen molar-refractivity contribution in [3.05, 3.63) is 447 Å². The highest BCUT2D eigenvalue weighted by Crippen LogP contribution is 2.61. The number of aromatic nitrogens is 1. The third-order valence-electron chi connectivity index (χ3n) is 23.6. The molecule has 534 valence electrons. The van der Waals surface area contributed by atoms with Crippen LogP contribution in [0.2, 0.25) is 0 Å². The number of nitrogens with one attached hydrogen (secondary N) is 1. The number of benzene rings is 18. The van der Waals surface area contributed by atoms with Crippen LogP contribution in [0.25, 0.3) is 160 Å². The number of hydrogen-bond acceptors (Lipinski definition) is 4.